The van der Waals surface area contributed by atoms with Crippen LogP contribution < -0.4 is 4.90 Å². The summed E-state index contributed by atoms with van der Waals surface area (Å²) in [7, 11) is 0. The second kappa shape index (κ2) is 7.84. The molecule has 29 heavy (non-hydrogen) atoms. The molecule has 2 aromatic rings. The number of anilines is 1. The molecule has 0 spiro atoms. The first-order chi connectivity index (χ1) is 13.9. The standard InChI is InChI=1S/C22H33N5O2/c1-5-16-15-23-27-19(16)24-18-10-14-26(21(28)29-22(2,3)4)13-9-17(18)20(27)25-11-7-6-8-12-25/h15H,5-14H2,1-4H3. The first kappa shape index (κ1) is 20.0. The number of aromatic nitrogens is 3. The summed E-state index contributed by atoms with van der Waals surface area (Å²) in [5.74, 6) is 1.19. The van der Waals surface area contributed by atoms with E-state index in [9.17, 15) is 4.79 Å². The first-order valence-corrected chi connectivity index (χ1v) is 11.0. The van der Waals surface area contributed by atoms with Gasteiger partial charge in [-0.2, -0.15) is 9.61 Å². The second-order valence-corrected chi connectivity index (χ2v) is 9.13. The first-order valence-electron chi connectivity index (χ1n) is 11.0. The lowest BCUT2D eigenvalue weighted by Gasteiger charge is -2.31. The molecule has 0 saturated carbocycles. The van der Waals surface area contributed by atoms with Crippen molar-refractivity contribution >= 4 is 17.6 Å². The minimum absolute atomic E-state index is 0.233. The number of fused-ring (bicyclic) bond motifs is 2. The quantitative estimate of drug-likeness (QED) is 0.772. The number of carbonyl (C=O) groups excluding carboxylic acids is 1. The Labute approximate surface area is 173 Å². The molecule has 1 fully saturated rings. The molecule has 0 radical (unpaired) electrons. The summed E-state index contributed by atoms with van der Waals surface area (Å²) >= 11 is 0. The highest BCUT2D eigenvalue weighted by Gasteiger charge is 2.29. The molecule has 158 valence electrons. The third-order valence-electron chi connectivity index (χ3n) is 5.82. The van der Waals surface area contributed by atoms with Crippen molar-refractivity contribution in [2.75, 3.05) is 31.1 Å². The summed E-state index contributed by atoms with van der Waals surface area (Å²) in [6.07, 6.45) is 7.89. The summed E-state index contributed by atoms with van der Waals surface area (Å²) in [5.41, 5.74) is 4.02. The molecule has 2 aromatic heterocycles. The number of amides is 1. The van der Waals surface area contributed by atoms with E-state index in [1.807, 2.05) is 36.4 Å². The van der Waals surface area contributed by atoms with Gasteiger partial charge in [-0.05, 0) is 52.9 Å². The van der Waals surface area contributed by atoms with Crippen molar-refractivity contribution in [1.29, 1.82) is 0 Å². The molecule has 4 heterocycles. The fourth-order valence-corrected chi connectivity index (χ4v) is 4.35. The van der Waals surface area contributed by atoms with E-state index < -0.39 is 5.60 Å². The van der Waals surface area contributed by atoms with Crippen LogP contribution in [0.2, 0.25) is 0 Å². The highest BCUT2D eigenvalue weighted by molar-refractivity contribution is 5.69. The number of hydrogen-bond acceptors (Lipinski definition) is 5. The molecule has 0 N–H and O–H groups in total. The van der Waals surface area contributed by atoms with Gasteiger partial charge in [-0.1, -0.05) is 6.92 Å². The zero-order chi connectivity index (χ0) is 20.6. The molecule has 0 aliphatic carbocycles. The van der Waals surface area contributed by atoms with Gasteiger partial charge in [0.1, 0.15) is 11.4 Å². The zero-order valence-electron chi connectivity index (χ0n) is 18.2. The minimum Gasteiger partial charge on any atom is -0.444 e. The van der Waals surface area contributed by atoms with Crippen LogP contribution in [-0.4, -0.2) is 57.4 Å². The molecule has 1 saturated heterocycles. The highest BCUT2D eigenvalue weighted by atomic mass is 16.6. The van der Waals surface area contributed by atoms with Crippen LogP contribution >= 0.6 is 0 Å². The van der Waals surface area contributed by atoms with Crippen LogP contribution in [0, 0.1) is 0 Å². The SMILES string of the molecule is CCc1cnn2c(N3CCCCC3)c3c(nc12)CCN(C(=O)OC(C)(C)C)CC3. The number of carbonyl (C=O) groups is 1. The van der Waals surface area contributed by atoms with Crippen LogP contribution in [-0.2, 0) is 24.0 Å². The van der Waals surface area contributed by atoms with Gasteiger partial charge in [-0.3, -0.25) is 0 Å². The molecule has 2 aliphatic heterocycles. The number of ether oxygens (including phenoxy) is 1. The Morgan fingerprint density at radius 2 is 1.83 bits per heavy atom. The van der Waals surface area contributed by atoms with Gasteiger partial charge < -0.3 is 14.5 Å². The van der Waals surface area contributed by atoms with E-state index in [4.69, 9.17) is 14.8 Å². The summed E-state index contributed by atoms with van der Waals surface area (Å²) in [6, 6.07) is 0. The third-order valence-corrected chi connectivity index (χ3v) is 5.82. The molecule has 1 amide bonds. The summed E-state index contributed by atoms with van der Waals surface area (Å²) in [6.45, 7) is 11.3. The van der Waals surface area contributed by atoms with E-state index in [-0.39, 0.29) is 6.09 Å². The maximum Gasteiger partial charge on any atom is 0.410 e. The number of piperidine rings is 1. The maximum atomic E-state index is 12.6. The molecule has 2 aliphatic rings. The van der Waals surface area contributed by atoms with Crippen molar-refractivity contribution < 1.29 is 9.53 Å². The average molecular weight is 400 g/mol. The molecular weight excluding hydrogens is 366 g/mol. The highest BCUT2D eigenvalue weighted by Crippen LogP contribution is 2.31. The lowest BCUT2D eigenvalue weighted by Crippen LogP contribution is -2.38. The van der Waals surface area contributed by atoms with Crippen molar-refractivity contribution in [3.05, 3.63) is 23.0 Å². The van der Waals surface area contributed by atoms with Crippen molar-refractivity contribution in [1.82, 2.24) is 19.5 Å². The Bertz CT molecular complexity index is 893. The van der Waals surface area contributed by atoms with Crippen LogP contribution in [0.1, 0.15) is 63.8 Å². The Morgan fingerprint density at radius 1 is 1.10 bits per heavy atom. The normalized spacial score (nSPS) is 17.9. The van der Waals surface area contributed by atoms with E-state index in [2.05, 4.69) is 11.8 Å². The number of nitrogens with zero attached hydrogens (tertiary/aromatic N) is 5. The van der Waals surface area contributed by atoms with Gasteiger partial charge in [0.25, 0.3) is 0 Å². The summed E-state index contributed by atoms with van der Waals surface area (Å²) < 4.78 is 7.66. The Balaban J connectivity index is 1.71. The molecular formula is C22H33N5O2. The Morgan fingerprint density at radius 3 is 2.52 bits per heavy atom. The fourth-order valence-electron chi connectivity index (χ4n) is 4.35. The minimum atomic E-state index is -0.482. The van der Waals surface area contributed by atoms with Crippen LogP contribution in [0.25, 0.3) is 5.65 Å². The number of rotatable bonds is 2. The third kappa shape index (κ3) is 4.05. The largest absolute Gasteiger partial charge is 0.444 e. The van der Waals surface area contributed by atoms with Gasteiger partial charge in [0.05, 0.1) is 11.9 Å². The lowest BCUT2D eigenvalue weighted by atomic mass is 10.1. The molecule has 0 unspecified atom stereocenters. The topological polar surface area (TPSA) is 63.0 Å². The van der Waals surface area contributed by atoms with Gasteiger partial charge in [0, 0.05) is 43.7 Å². The molecule has 0 bridgehead atoms. The summed E-state index contributed by atoms with van der Waals surface area (Å²) in [4.78, 5) is 22.0. The van der Waals surface area contributed by atoms with Gasteiger partial charge >= 0.3 is 6.09 Å². The van der Waals surface area contributed by atoms with Gasteiger partial charge in [-0.25, -0.2) is 9.78 Å². The van der Waals surface area contributed by atoms with Gasteiger partial charge in [0.2, 0.25) is 0 Å². The van der Waals surface area contributed by atoms with E-state index in [1.54, 1.807) is 0 Å². The van der Waals surface area contributed by atoms with Gasteiger partial charge in [-0.15, -0.1) is 0 Å². The lowest BCUT2D eigenvalue weighted by molar-refractivity contribution is 0.0258. The van der Waals surface area contributed by atoms with Crippen LogP contribution in [0.4, 0.5) is 10.6 Å². The maximum absolute atomic E-state index is 12.6. The predicted octanol–water partition coefficient (Wildman–Crippen LogP) is 3.62. The molecule has 7 heteroatoms. The van der Waals surface area contributed by atoms with Crippen LogP contribution in [0.5, 0.6) is 0 Å². The van der Waals surface area contributed by atoms with Crippen molar-refractivity contribution in [3.8, 4) is 0 Å². The Hall–Kier alpha value is -2.31. The average Bonchev–Trinajstić information content (AvgIpc) is 2.96. The fraction of sp³-hybridized carbons (Fsp3) is 0.682. The molecule has 7 nitrogen and oxygen atoms in total. The molecule has 0 atom stereocenters. The van der Waals surface area contributed by atoms with E-state index in [1.165, 1.54) is 36.2 Å². The van der Waals surface area contributed by atoms with E-state index in [0.717, 1.165) is 43.7 Å². The second-order valence-electron chi connectivity index (χ2n) is 9.13. The van der Waals surface area contributed by atoms with Crippen molar-refractivity contribution in [2.24, 2.45) is 0 Å². The van der Waals surface area contributed by atoms with E-state index in [0.29, 0.717) is 13.1 Å². The summed E-state index contributed by atoms with van der Waals surface area (Å²) in [5, 5.41) is 4.71. The predicted molar refractivity (Wildman–Crippen MR) is 114 cm³/mol. The molecule has 4 rings (SSSR count). The Kier molecular flexibility index (Phi) is 5.40. The van der Waals surface area contributed by atoms with Crippen molar-refractivity contribution in [2.45, 2.75) is 71.8 Å². The monoisotopic (exact) mass is 399 g/mol. The smallest absolute Gasteiger partial charge is 0.410 e. The molecule has 0 aromatic carbocycles. The van der Waals surface area contributed by atoms with E-state index >= 15 is 0 Å². The number of hydrogen-bond donors (Lipinski definition) is 0. The van der Waals surface area contributed by atoms with Gasteiger partial charge in [0.15, 0.2) is 5.65 Å². The number of aryl methyl sites for hydroxylation is 1. The van der Waals surface area contributed by atoms with Crippen LogP contribution in [0.3, 0.4) is 0 Å². The van der Waals surface area contributed by atoms with Crippen molar-refractivity contribution in [3.63, 3.8) is 0 Å². The van der Waals surface area contributed by atoms with Crippen LogP contribution in [0.15, 0.2) is 6.20 Å². The zero-order valence-corrected chi connectivity index (χ0v) is 18.2.